The molecule has 1 aliphatic heterocycles. The summed E-state index contributed by atoms with van der Waals surface area (Å²) >= 11 is 5.99. The van der Waals surface area contributed by atoms with E-state index in [1.807, 2.05) is 13.3 Å². The summed E-state index contributed by atoms with van der Waals surface area (Å²) < 4.78 is 7.50. The monoisotopic (exact) mass is 305 g/mol. The molecule has 1 aromatic heterocycles. The summed E-state index contributed by atoms with van der Waals surface area (Å²) in [5.74, 6) is 0.498. The molecule has 1 fully saturated rings. The summed E-state index contributed by atoms with van der Waals surface area (Å²) in [7, 11) is 0. The van der Waals surface area contributed by atoms with Crippen molar-refractivity contribution in [2.24, 2.45) is 0 Å². The molecule has 1 aliphatic rings. The Labute approximate surface area is 130 Å². The van der Waals surface area contributed by atoms with Crippen molar-refractivity contribution in [1.29, 1.82) is 0 Å². The highest BCUT2D eigenvalue weighted by Crippen LogP contribution is 2.18. The number of ether oxygens (including phenoxy) is 1. The lowest BCUT2D eigenvalue weighted by molar-refractivity contribution is 0.122. The fourth-order valence-corrected chi connectivity index (χ4v) is 3.00. The zero-order valence-electron chi connectivity index (χ0n) is 12.3. The van der Waals surface area contributed by atoms with Gasteiger partial charge in [-0.15, -0.1) is 11.6 Å². The lowest BCUT2D eigenvalue weighted by Gasteiger charge is -2.28. The van der Waals surface area contributed by atoms with E-state index in [1.165, 1.54) is 11.3 Å². The van der Waals surface area contributed by atoms with Crippen LogP contribution in [0.15, 0.2) is 30.6 Å². The number of hydrogen-bond acceptors (Lipinski definition) is 3. The number of morpholine rings is 1. The van der Waals surface area contributed by atoms with E-state index in [0.29, 0.717) is 5.88 Å². The molecule has 0 saturated carbocycles. The number of anilines is 1. The van der Waals surface area contributed by atoms with Crippen LogP contribution in [0, 0.1) is 6.92 Å². The van der Waals surface area contributed by atoms with Gasteiger partial charge in [-0.2, -0.15) is 0 Å². The summed E-state index contributed by atoms with van der Waals surface area (Å²) in [6.07, 6.45) is 1.86. The molecule has 4 nitrogen and oxygen atoms in total. The van der Waals surface area contributed by atoms with Crippen LogP contribution < -0.4 is 4.90 Å². The van der Waals surface area contributed by atoms with Gasteiger partial charge < -0.3 is 14.2 Å². The second kappa shape index (κ2) is 6.50. The summed E-state index contributed by atoms with van der Waals surface area (Å²) in [4.78, 5) is 6.69. The molecule has 5 heteroatoms. The van der Waals surface area contributed by atoms with Crippen molar-refractivity contribution < 1.29 is 4.74 Å². The SMILES string of the molecule is Cc1ncn(Cc2ccc(N3CCOCC3)cc2)c1CCl. The predicted molar refractivity (Wildman–Crippen MR) is 85.1 cm³/mol. The fraction of sp³-hybridized carbons (Fsp3) is 0.438. The van der Waals surface area contributed by atoms with Crippen molar-refractivity contribution in [2.45, 2.75) is 19.3 Å². The summed E-state index contributed by atoms with van der Waals surface area (Å²) in [6.45, 7) is 6.37. The lowest BCUT2D eigenvalue weighted by atomic mass is 10.2. The Kier molecular flexibility index (Phi) is 4.46. The van der Waals surface area contributed by atoms with Crippen molar-refractivity contribution in [2.75, 3.05) is 31.2 Å². The first-order chi connectivity index (χ1) is 10.3. The van der Waals surface area contributed by atoms with Crippen LogP contribution in [-0.2, 0) is 17.2 Å². The Morgan fingerprint density at radius 2 is 1.90 bits per heavy atom. The van der Waals surface area contributed by atoms with E-state index in [1.54, 1.807) is 0 Å². The molecule has 0 atom stereocenters. The number of aromatic nitrogens is 2. The van der Waals surface area contributed by atoms with E-state index in [-0.39, 0.29) is 0 Å². The van der Waals surface area contributed by atoms with Crippen molar-refractivity contribution in [3.63, 3.8) is 0 Å². The molecule has 0 spiro atoms. The van der Waals surface area contributed by atoms with Gasteiger partial charge in [-0.3, -0.25) is 0 Å². The zero-order chi connectivity index (χ0) is 14.7. The Morgan fingerprint density at radius 3 is 2.57 bits per heavy atom. The Morgan fingerprint density at radius 1 is 1.19 bits per heavy atom. The third-order valence-electron chi connectivity index (χ3n) is 3.95. The van der Waals surface area contributed by atoms with E-state index in [9.17, 15) is 0 Å². The molecule has 0 amide bonds. The van der Waals surface area contributed by atoms with Gasteiger partial charge in [0.15, 0.2) is 0 Å². The summed E-state index contributed by atoms with van der Waals surface area (Å²) in [6, 6.07) is 8.73. The Hall–Kier alpha value is -1.52. The Balaban J connectivity index is 1.71. The number of imidazole rings is 1. The van der Waals surface area contributed by atoms with Crippen LogP contribution in [0.1, 0.15) is 17.0 Å². The first-order valence-electron chi connectivity index (χ1n) is 7.26. The molecule has 3 rings (SSSR count). The molecule has 2 heterocycles. The summed E-state index contributed by atoms with van der Waals surface area (Å²) in [5.41, 5.74) is 4.63. The smallest absolute Gasteiger partial charge is 0.0955 e. The molecule has 0 bridgehead atoms. The highest BCUT2D eigenvalue weighted by Gasteiger charge is 2.11. The Bertz CT molecular complexity index is 588. The highest BCUT2D eigenvalue weighted by molar-refractivity contribution is 6.17. The normalized spacial score (nSPS) is 15.4. The lowest BCUT2D eigenvalue weighted by Crippen LogP contribution is -2.36. The van der Waals surface area contributed by atoms with Crippen molar-refractivity contribution in [1.82, 2.24) is 9.55 Å². The number of rotatable bonds is 4. The van der Waals surface area contributed by atoms with Gasteiger partial charge in [-0.05, 0) is 24.6 Å². The number of alkyl halides is 1. The van der Waals surface area contributed by atoms with Gasteiger partial charge in [-0.1, -0.05) is 12.1 Å². The number of nitrogens with zero attached hydrogens (tertiary/aromatic N) is 3. The van der Waals surface area contributed by atoms with Gasteiger partial charge in [0.25, 0.3) is 0 Å². The molecule has 21 heavy (non-hydrogen) atoms. The quantitative estimate of drug-likeness (QED) is 0.814. The van der Waals surface area contributed by atoms with Crippen LogP contribution in [0.3, 0.4) is 0 Å². The standard InChI is InChI=1S/C16H20ClN3O/c1-13-16(10-17)20(12-18-13)11-14-2-4-15(5-3-14)19-6-8-21-9-7-19/h2-5,12H,6-11H2,1H3. The van der Waals surface area contributed by atoms with E-state index in [4.69, 9.17) is 16.3 Å². The maximum absolute atomic E-state index is 5.99. The van der Waals surface area contributed by atoms with Crippen LogP contribution >= 0.6 is 11.6 Å². The van der Waals surface area contributed by atoms with Gasteiger partial charge in [0, 0.05) is 25.3 Å². The molecule has 112 valence electrons. The van der Waals surface area contributed by atoms with Gasteiger partial charge in [0.1, 0.15) is 0 Å². The van der Waals surface area contributed by atoms with Crippen molar-refractivity contribution >= 4 is 17.3 Å². The number of benzene rings is 1. The van der Waals surface area contributed by atoms with E-state index >= 15 is 0 Å². The maximum atomic E-state index is 5.99. The molecule has 0 unspecified atom stereocenters. The first kappa shape index (κ1) is 14.4. The van der Waals surface area contributed by atoms with Gasteiger partial charge in [0.05, 0.1) is 36.8 Å². The molecular formula is C16H20ClN3O. The number of hydrogen-bond donors (Lipinski definition) is 0. The molecule has 2 aromatic rings. The average molecular weight is 306 g/mol. The van der Waals surface area contributed by atoms with E-state index < -0.39 is 0 Å². The second-order valence-corrected chi connectivity index (χ2v) is 5.57. The van der Waals surface area contributed by atoms with Crippen molar-refractivity contribution in [3.05, 3.63) is 47.5 Å². The zero-order valence-corrected chi connectivity index (χ0v) is 13.0. The molecular weight excluding hydrogens is 286 g/mol. The maximum Gasteiger partial charge on any atom is 0.0955 e. The van der Waals surface area contributed by atoms with Crippen molar-refractivity contribution in [3.8, 4) is 0 Å². The second-order valence-electron chi connectivity index (χ2n) is 5.30. The topological polar surface area (TPSA) is 30.3 Å². The molecule has 0 aliphatic carbocycles. The third kappa shape index (κ3) is 3.22. The number of halogens is 1. The van der Waals surface area contributed by atoms with Gasteiger partial charge >= 0.3 is 0 Å². The van der Waals surface area contributed by atoms with Crippen LogP contribution in [0.5, 0.6) is 0 Å². The van der Waals surface area contributed by atoms with Crippen LogP contribution in [0.2, 0.25) is 0 Å². The van der Waals surface area contributed by atoms with E-state index in [2.05, 4.69) is 38.7 Å². The van der Waals surface area contributed by atoms with Gasteiger partial charge in [0.2, 0.25) is 0 Å². The van der Waals surface area contributed by atoms with E-state index in [0.717, 1.165) is 44.2 Å². The minimum atomic E-state index is 0.498. The molecule has 1 saturated heterocycles. The predicted octanol–water partition coefficient (Wildman–Crippen LogP) is 2.82. The van der Waals surface area contributed by atoms with Crippen LogP contribution in [0.25, 0.3) is 0 Å². The first-order valence-corrected chi connectivity index (χ1v) is 7.79. The van der Waals surface area contributed by atoms with Gasteiger partial charge in [-0.25, -0.2) is 4.98 Å². The fourth-order valence-electron chi connectivity index (χ4n) is 2.65. The minimum Gasteiger partial charge on any atom is -0.378 e. The average Bonchev–Trinajstić information content (AvgIpc) is 2.89. The summed E-state index contributed by atoms with van der Waals surface area (Å²) in [5, 5.41) is 0. The highest BCUT2D eigenvalue weighted by atomic mass is 35.5. The molecule has 0 N–H and O–H groups in total. The molecule has 1 aromatic carbocycles. The third-order valence-corrected chi connectivity index (χ3v) is 4.20. The van der Waals surface area contributed by atoms with Crippen LogP contribution in [0.4, 0.5) is 5.69 Å². The minimum absolute atomic E-state index is 0.498. The molecule has 0 radical (unpaired) electrons. The van der Waals surface area contributed by atoms with Crippen LogP contribution in [-0.4, -0.2) is 35.9 Å². The number of aryl methyl sites for hydroxylation is 1. The largest absolute Gasteiger partial charge is 0.378 e.